The summed E-state index contributed by atoms with van der Waals surface area (Å²) in [5, 5.41) is 14.2. The number of hydrogen-bond donors (Lipinski definition) is 2. The second-order valence-corrected chi connectivity index (χ2v) is 8.86. The number of nitrogens with zero attached hydrogens (tertiary/aromatic N) is 1. The molecule has 2 aliphatic heterocycles. The van der Waals surface area contributed by atoms with Crippen LogP contribution in [0.4, 0.5) is 25.0 Å². The maximum atomic E-state index is 14.5. The maximum absolute atomic E-state index is 14.5. The number of amides is 1. The van der Waals surface area contributed by atoms with Crippen LogP contribution in [0, 0.1) is 11.6 Å². The number of hydrogen-bond acceptors (Lipinski definition) is 7. The monoisotopic (exact) mass is 510 g/mol. The molecule has 2 N–H and O–H groups in total. The highest BCUT2D eigenvalue weighted by atomic mass is 35.5. The number of fused-ring (bicyclic) bond motifs is 1. The van der Waals surface area contributed by atoms with Gasteiger partial charge in [-0.15, -0.1) is 0 Å². The second-order valence-electron chi connectivity index (χ2n) is 8.42. The van der Waals surface area contributed by atoms with Crippen LogP contribution < -0.4 is 15.0 Å². The van der Waals surface area contributed by atoms with E-state index in [0.717, 1.165) is 0 Å². The second kappa shape index (κ2) is 10.2. The summed E-state index contributed by atoms with van der Waals surface area (Å²) in [5.41, 5.74) is -0.862. The van der Waals surface area contributed by atoms with E-state index in [9.17, 15) is 23.5 Å². The minimum Gasteiger partial charge on any atom is -0.490 e. The van der Waals surface area contributed by atoms with Gasteiger partial charge in [-0.1, -0.05) is 11.6 Å². The molecule has 2 aromatic carbocycles. The first-order valence-corrected chi connectivity index (χ1v) is 11.6. The first-order valence-electron chi connectivity index (χ1n) is 11.2. The Bertz CT molecular complexity index is 1130. The van der Waals surface area contributed by atoms with E-state index in [4.69, 9.17) is 25.8 Å². The molecule has 4 rings (SSSR count). The average Bonchev–Trinajstić information content (AvgIpc) is 2.81. The van der Waals surface area contributed by atoms with Crippen molar-refractivity contribution in [2.75, 3.05) is 36.5 Å². The van der Waals surface area contributed by atoms with Gasteiger partial charge in [-0.2, -0.15) is 0 Å². The van der Waals surface area contributed by atoms with Crippen LogP contribution in [0.5, 0.6) is 5.75 Å². The van der Waals surface area contributed by atoms with Gasteiger partial charge < -0.3 is 29.5 Å². The van der Waals surface area contributed by atoms with Crippen molar-refractivity contribution in [2.45, 2.75) is 37.9 Å². The van der Waals surface area contributed by atoms with Crippen molar-refractivity contribution in [3.05, 3.63) is 52.6 Å². The fourth-order valence-corrected chi connectivity index (χ4v) is 4.41. The van der Waals surface area contributed by atoms with Crippen LogP contribution in [0.15, 0.2) is 30.3 Å². The number of nitrogens with one attached hydrogen (secondary N) is 1. The van der Waals surface area contributed by atoms with Gasteiger partial charge in [0.2, 0.25) is 5.91 Å². The molecular weight excluding hydrogens is 486 g/mol. The van der Waals surface area contributed by atoms with E-state index >= 15 is 0 Å². The molecular formula is C24H25ClF2N2O6. The third kappa shape index (κ3) is 5.43. The van der Waals surface area contributed by atoms with Gasteiger partial charge in [-0.05, 0) is 43.7 Å². The van der Waals surface area contributed by atoms with Gasteiger partial charge >= 0.3 is 6.16 Å². The minimum absolute atomic E-state index is 0.0329. The predicted octanol–water partition coefficient (Wildman–Crippen LogP) is 4.06. The summed E-state index contributed by atoms with van der Waals surface area (Å²) in [7, 11) is 0. The van der Waals surface area contributed by atoms with Crippen LogP contribution >= 0.6 is 11.6 Å². The largest absolute Gasteiger partial charge is 0.508 e. The van der Waals surface area contributed by atoms with E-state index in [-0.39, 0.29) is 67.9 Å². The molecule has 2 aromatic rings. The van der Waals surface area contributed by atoms with Crippen molar-refractivity contribution in [3.63, 3.8) is 0 Å². The van der Waals surface area contributed by atoms with Crippen LogP contribution in [-0.4, -0.2) is 55.2 Å². The zero-order valence-electron chi connectivity index (χ0n) is 19.0. The van der Waals surface area contributed by atoms with E-state index < -0.39 is 29.5 Å². The molecule has 0 saturated carbocycles. The Balaban J connectivity index is 1.55. The lowest BCUT2D eigenvalue weighted by atomic mass is 9.88. The van der Waals surface area contributed by atoms with Crippen LogP contribution in [0.1, 0.15) is 25.3 Å². The molecule has 2 atom stereocenters. The predicted molar refractivity (Wildman–Crippen MR) is 124 cm³/mol. The third-order valence-corrected chi connectivity index (χ3v) is 6.35. The van der Waals surface area contributed by atoms with Gasteiger partial charge in [0, 0.05) is 30.0 Å². The number of anilines is 2. The van der Waals surface area contributed by atoms with Gasteiger partial charge in [0.15, 0.2) is 6.10 Å². The highest BCUT2D eigenvalue weighted by molar-refractivity contribution is 6.30. The molecule has 1 saturated heterocycles. The summed E-state index contributed by atoms with van der Waals surface area (Å²) in [6.07, 6.45) is -1.58. The molecule has 35 heavy (non-hydrogen) atoms. The summed E-state index contributed by atoms with van der Waals surface area (Å²) in [6, 6.07) is 6.83. The molecule has 0 unspecified atom stereocenters. The Morgan fingerprint density at radius 1 is 1.26 bits per heavy atom. The Morgan fingerprint density at radius 2 is 2.06 bits per heavy atom. The third-order valence-electron chi connectivity index (χ3n) is 6.11. The normalized spacial score (nSPS) is 21.7. The Labute approximate surface area is 205 Å². The first-order chi connectivity index (χ1) is 16.7. The van der Waals surface area contributed by atoms with Crippen molar-refractivity contribution >= 4 is 35.0 Å². The summed E-state index contributed by atoms with van der Waals surface area (Å²) >= 11 is 5.85. The zero-order chi connectivity index (χ0) is 25.2. The van der Waals surface area contributed by atoms with Crippen molar-refractivity contribution in [3.8, 4) is 5.75 Å². The molecule has 8 nitrogen and oxygen atoms in total. The van der Waals surface area contributed by atoms with Crippen LogP contribution in [0.2, 0.25) is 5.02 Å². The van der Waals surface area contributed by atoms with Crippen LogP contribution in [0.25, 0.3) is 0 Å². The van der Waals surface area contributed by atoms with E-state index in [1.807, 2.05) is 0 Å². The molecule has 0 aliphatic carbocycles. The van der Waals surface area contributed by atoms with E-state index in [1.54, 1.807) is 17.9 Å². The Kier molecular flexibility index (Phi) is 7.32. The molecule has 11 heteroatoms. The molecule has 0 bridgehead atoms. The highest BCUT2D eigenvalue weighted by Crippen LogP contribution is 2.36. The zero-order valence-corrected chi connectivity index (χ0v) is 19.7. The van der Waals surface area contributed by atoms with Gasteiger partial charge in [0.05, 0.1) is 24.5 Å². The average molecular weight is 511 g/mol. The number of halogens is 3. The fraction of sp³-hybridized carbons (Fsp3) is 0.417. The van der Waals surface area contributed by atoms with Gasteiger partial charge in [0.25, 0.3) is 0 Å². The molecule has 2 heterocycles. The number of ether oxygens (including phenoxy) is 3. The molecule has 188 valence electrons. The molecule has 0 spiro atoms. The molecule has 0 aromatic heterocycles. The van der Waals surface area contributed by atoms with Crippen molar-refractivity contribution < 1.29 is 37.7 Å². The summed E-state index contributed by atoms with van der Waals surface area (Å²) in [4.78, 5) is 25.4. The standard InChI is InChI=1S/C24H25ClF2N2O6/c1-2-33-23(31)35-20-12-29(18-6-3-14(25)11-17(18)27)10-9-24(20,32)13-34-19-7-5-16(26)22-15(19)4-8-21(30)28-22/h3,5-7,11,20,32H,2,4,8-10,12-13H2,1H3,(H,28,30)/t20-,24-/m1/s1. The number of carbonyl (C=O) groups is 2. The topological polar surface area (TPSA) is 97.3 Å². The van der Waals surface area contributed by atoms with Crippen molar-refractivity contribution in [1.82, 2.24) is 0 Å². The number of piperidine rings is 1. The Hall–Kier alpha value is -3.11. The summed E-state index contributed by atoms with van der Waals surface area (Å²) in [5.74, 6) is -1.12. The first kappa shape index (κ1) is 25.0. The van der Waals surface area contributed by atoms with E-state index in [2.05, 4.69) is 5.32 Å². The lowest BCUT2D eigenvalue weighted by Crippen LogP contribution is -2.60. The van der Waals surface area contributed by atoms with E-state index in [1.165, 1.54) is 24.3 Å². The molecule has 1 fully saturated rings. The number of aliphatic hydroxyl groups is 1. The van der Waals surface area contributed by atoms with Crippen LogP contribution in [-0.2, 0) is 20.7 Å². The highest BCUT2D eigenvalue weighted by Gasteiger charge is 2.46. The fourth-order valence-electron chi connectivity index (χ4n) is 4.25. The van der Waals surface area contributed by atoms with Crippen molar-refractivity contribution in [2.24, 2.45) is 0 Å². The van der Waals surface area contributed by atoms with Gasteiger partial charge in [-0.3, -0.25) is 4.79 Å². The summed E-state index contributed by atoms with van der Waals surface area (Å²) in [6.45, 7) is 1.60. The molecule has 1 amide bonds. The maximum Gasteiger partial charge on any atom is 0.508 e. The van der Waals surface area contributed by atoms with Gasteiger partial charge in [-0.25, -0.2) is 13.6 Å². The lowest BCUT2D eigenvalue weighted by molar-refractivity contribution is -0.122. The smallest absolute Gasteiger partial charge is 0.490 e. The quantitative estimate of drug-likeness (QED) is 0.565. The number of carbonyl (C=O) groups excluding carboxylic acids is 2. The minimum atomic E-state index is -1.65. The summed E-state index contributed by atoms with van der Waals surface area (Å²) < 4.78 is 44.9. The van der Waals surface area contributed by atoms with Crippen molar-refractivity contribution in [1.29, 1.82) is 0 Å². The number of benzene rings is 2. The molecule has 2 aliphatic rings. The molecule has 0 radical (unpaired) electrons. The van der Waals surface area contributed by atoms with E-state index in [0.29, 0.717) is 11.3 Å². The lowest BCUT2D eigenvalue weighted by Gasteiger charge is -2.44. The van der Waals surface area contributed by atoms with Crippen LogP contribution in [0.3, 0.4) is 0 Å². The SMILES string of the molecule is CCOC(=O)O[C@@H]1CN(c2ccc(Cl)cc2F)CC[C@@]1(O)COc1ccc(F)c2c1CCC(=O)N2. The Morgan fingerprint density at radius 3 is 2.80 bits per heavy atom. The van der Waals surface area contributed by atoms with Gasteiger partial charge in [0.1, 0.15) is 29.6 Å². The number of rotatable bonds is 6.